The Kier molecular flexibility index (Phi) is 12.1. The first-order valence-corrected chi connectivity index (χ1v) is 6.08. The molecule has 0 heterocycles. The van der Waals surface area contributed by atoms with Crippen LogP contribution in [0.3, 0.4) is 0 Å². The van der Waals surface area contributed by atoms with Crippen molar-refractivity contribution in [2.75, 3.05) is 13.1 Å². The molecule has 0 fully saturated rings. The Morgan fingerprint density at radius 1 is 0.857 bits per heavy atom. The summed E-state index contributed by atoms with van der Waals surface area (Å²) in [6.45, 7) is 6.43. The highest BCUT2D eigenvalue weighted by atomic mass is 14.8. The topological polar surface area (TPSA) is 12.0 Å². The summed E-state index contributed by atoms with van der Waals surface area (Å²) in [5, 5.41) is 3.31. The first kappa shape index (κ1) is 13.5. The van der Waals surface area contributed by atoms with Crippen LogP contribution >= 0.6 is 0 Å². The third kappa shape index (κ3) is 11.5. The van der Waals surface area contributed by atoms with Crippen molar-refractivity contribution >= 4 is 0 Å². The average molecular weight is 195 g/mol. The van der Waals surface area contributed by atoms with Gasteiger partial charge in [-0.1, -0.05) is 45.5 Å². The smallest absolute Gasteiger partial charge is 0.0576 e. The highest BCUT2D eigenvalue weighted by molar-refractivity contribution is 5.00. The van der Waals surface area contributed by atoms with Crippen LogP contribution in [0.5, 0.6) is 0 Å². The molecule has 0 saturated heterocycles. The molecule has 0 aromatic heterocycles. The van der Waals surface area contributed by atoms with Gasteiger partial charge in [-0.2, -0.15) is 0 Å². The van der Waals surface area contributed by atoms with E-state index in [1.165, 1.54) is 38.5 Å². The van der Waals surface area contributed by atoms with Crippen LogP contribution < -0.4 is 5.32 Å². The first-order valence-electron chi connectivity index (χ1n) is 6.08. The fraction of sp³-hybridized carbons (Fsp3) is 0.846. The number of rotatable bonds is 8. The average Bonchev–Trinajstić information content (AvgIpc) is 2.21. The highest BCUT2D eigenvalue weighted by Gasteiger charge is 1.84. The summed E-state index contributed by atoms with van der Waals surface area (Å²) in [5.74, 6) is 6.37. The lowest BCUT2D eigenvalue weighted by atomic mass is 10.2. The lowest BCUT2D eigenvalue weighted by Crippen LogP contribution is -2.14. The van der Waals surface area contributed by atoms with E-state index in [9.17, 15) is 0 Å². The Bertz CT molecular complexity index is 136. The van der Waals surface area contributed by atoms with Crippen molar-refractivity contribution < 1.29 is 0 Å². The normalized spacial score (nSPS) is 9.57. The Morgan fingerprint density at radius 3 is 2.36 bits per heavy atom. The summed E-state index contributed by atoms with van der Waals surface area (Å²) >= 11 is 0. The van der Waals surface area contributed by atoms with E-state index in [0.717, 1.165) is 19.5 Å². The zero-order chi connectivity index (χ0) is 10.5. The van der Waals surface area contributed by atoms with Gasteiger partial charge in [-0.3, -0.25) is 0 Å². The van der Waals surface area contributed by atoms with E-state index in [0.29, 0.717) is 0 Å². The van der Waals surface area contributed by atoms with Gasteiger partial charge in [0.15, 0.2) is 0 Å². The van der Waals surface area contributed by atoms with Gasteiger partial charge in [-0.25, -0.2) is 0 Å². The van der Waals surface area contributed by atoms with Crippen LogP contribution in [0, 0.1) is 11.8 Å². The summed E-state index contributed by atoms with van der Waals surface area (Å²) in [4.78, 5) is 0. The second-order valence-corrected chi connectivity index (χ2v) is 3.69. The van der Waals surface area contributed by atoms with E-state index in [1.807, 2.05) is 0 Å². The van der Waals surface area contributed by atoms with Gasteiger partial charge >= 0.3 is 0 Å². The van der Waals surface area contributed by atoms with E-state index in [-0.39, 0.29) is 0 Å². The molecule has 1 heteroatoms. The number of hydrogen-bond donors (Lipinski definition) is 1. The van der Waals surface area contributed by atoms with E-state index >= 15 is 0 Å². The molecule has 0 rings (SSSR count). The van der Waals surface area contributed by atoms with Gasteiger partial charge < -0.3 is 5.32 Å². The van der Waals surface area contributed by atoms with Crippen molar-refractivity contribution in [1.29, 1.82) is 0 Å². The summed E-state index contributed by atoms with van der Waals surface area (Å²) in [5.41, 5.74) is 0. The molecule has 0 amide bonds. The molecule has 0 bridgehead atoms. The minimum absolute atomic E-state index is 0.869. The lowest BCUT2D eigenvalue weighted by Gasteiger charge is -1.96. The molecule has 0 atom stereocenters. The molecule has 0 aromatic rings. The molecular formula is C13H25N. The van der Waals surface area contributed by atoms with Crippen LogP contribution in [0.2, 0.25) is 0 Å². The van der Waals surface area contributed by atoms with E-state index in [2.05, 4.69) is 31.0 Å². The van der Waals surface area contributed by atoms with Crippen molar-refractivity contribution in [2.24, 2.45) is 0 Å². The molecule has 1 N–H and O–H groups in total. The Balaban J connectivity index is 3.03. The van der Waals surface area contributed by atoms with Crippen LogP contribution in [0.25, 0.3) is 0 Å². The third-order valence-electron chi connectivity index (χ3n) is 2.20. The Hall–Kier alpha value is -0.480. The van der Waals surface area contributed by atoms with Crippen molar-refractivity contribution in [3.05, 3.63) is 0 Å². The fourth-order valence-electron chi connectivity index (χ4n) is 1.24. The van der Waals surface area contributed by atoms with E-state index in [4.69, 9.17) is 0 Å². The van der Waals surface area contributed by atoms with Gasteiger partial charge in [0.05, 0.1) is 6.54 Å². The minimum Gasteiger partial charge on any atom is -0.306 e. The standard InChI is InChI=1S/C13H25N/c1-3-5-7-8-9-10-11-13-14-12-6-4-2/h14H,3-9,12-13H2,1-2H3. The molecule has 1 nitrogen and oxygen atoms in total. The molecule has 82 valence electrons. The highest BCUT2D eigenvalue weighted by Crippen LogP contribution is 2.00. The van der Waals surface area contributed by atoms with E-state index in [1.54, 1.807) is 0 Å². The maximum Gasteiger partial charge on any atom is 0.0576 e. The molecule has 0 radical (unpaired) electrons. The molecule has 0 aliphatic carbocycles. The van der Waals surface area contributed by atoms with Gasteiger partial charge in [0.25, 0.3) is 0 Å². The second-order valence-electron chi connectivity index (χ2n) is 3.69. The van der Waals surface area contributed by atoms with Gasteiger partial charge in [0, 0.05) is 6.42 Å². The third-order valence-corrected chi connectivity index (χ3v) is 2.20. The number of nitrogens with one attached hydrogen (secondary N) is 1. The molecular weight excluding hydrogens is 170 g/mol. The zero-order valence-corrected chi connectivity index (χ0v) is 9.86. The van der Waals surface area contributed by atoms with Crippen LogP contribution in [-0.4, -0.2) is 13.1 Å². The zero-order valence-electron chi connectivity index (χ0n) is 9.86. The number of hydrogen-bond acceptors (Lipinski definition) is 1. The Morgan fingerprint density at radius 2 is 1.64 bits per heavy atom. The number of unbranched alkanes of at least 4 members (excludes halogenated alkanes) is 5. The van der Waals surface area contributed by atoms with Crippen molar-refractivity contribution in [3.63, 3.8) is 0 Å². The Labute approximate surface area is 89.7 Å². The van der Waals surface area contributed by atoms with Crippen molar-refractivity contribution in [2.45, 2.75) is 58.8 Å². The molecule has 0 saturated carbocycles. The predicted molar refractivity (Wildman–Crippen MR) is 64.3 cm³/mol. The summed E-state index contributed by atoms with van der Waals surface area (Å²) < 4.78 is 0. The predicted octanol–water partition coefficient (Wildman–Crippen LogP) is 3.35. The molecule has 14 heavy (non-hydrogen) atoms. The largest absolute Gasteiger partial charge is 0.306 e. The van der Waals surface area contributed by atoms with Crippen molar-refractivity contribution in [1.82, 2.24) is 5.32 Å². The monoisotopic (exact) mass is 195 g/mol. The van der Waals surface area contributed by atoms with E-state index < -0.39 is 0 Å². The summed E-state index contributed by atoms with van der Waals surface area (Å²) in [7, 11) is 0. The summed E-state index contributed by atoms with van der Waals surface area (Å²) in [6.07, 6.45) is 8.89. The maximum absolute atomic E-state index is 3.31. The molecule has 0 aliphatic heterocycles. The minimum atomic E-state index is 0.869. The molecule has 0 aliphatic rings. The van der Waals surface area contributed by atoms with Crippen LogP contribution in [0.4, 0.5) is 0 Å². The van der Waals surface area contributed by atoms with Crippen LogP contribution in [0.1, 0.15) is 58.8 Å². The van der Waals surface area contributed by atoms with Gasteiger partial charge in [0.2, 0.25) is 0 Å². The van der Waals surface area contributed by atoms with Crippen molar-refractivity contribution in [3.8, 4) is 11.8 Å². The SMILES string of the molecule is CCCCCCC#CCNCCCC. The van der Waals surface area contributed by atoms with Gasteiger partial charge in [-0.15, -0.1) is 5.92 Å². The quantitative estimate of drug-likeness (QED) is 0.462. The van der Waals surface area contributed by atoms with Gasteiger partial charge in [0.1, 0.15) is 0 Å². The lowest BCUT2D eigenvalue weighted by molar-refractivity contribution is 0.677. The van der Waals surface area contributed by atoms with Gasteiger partial charge in [-0.05, 0) is 19.4 Å². The van der Waals surface area contributed by atoms with Crippen LogP contribution in [0.15, 0.2) is 0 Å². The van der Waals surface area contributed by atoms with Crippen LogP contribution in [-0.2, 0) is 0 Å². The maximum atomic E-state index is 3.31. The molecule has 0 aromatic carbocycles. The first-order chi connectivity index (χ1) is 6.91. The fourth-order valence-corrected chi connectivity index (χ4v) is 1.24. The molecule has 0 unspecified atom stereocenters. The second kappa shape index (κ2) is 12.5. The molecule has 0 spiro atoms. The summed E-state index contributed by atoms with van der Waals surface area (Å²) in [6, 6.07) is 0.